The van der Waals surface area contributed by atoms with Crippen LogP contribution in [0.5, 0.6) is 0 Å². The Hall–Kier alpha value is -1.52. The third-order valence-electron chi connectivity index (χ3n) is 2.92. The van der Waals surface area contributed by atoms with E-state index in [0.717, 1.165) is 24.5 Å². The Morgan fingerprint density at radius 2 is 2.00 bits per heavy atom. The Bertz CT molecular complexity index is 590. The smallest absolute Gasteiger partial charge is 0.229 e. The van der Waals surface area contributed by atoms with Crippen LogP contribution < -0.4 is 10.6 Å². The van der Waals surface area contributed by atoms with Crippen molar-refractivity contribution in [2.24, 2.45) is 0 Å². The average Bonchev–Trinajstić information content (AvgIpc) is 2.47. The summed E-state index contributed by atoms with van der Waals surface area (Å²) in [6.45, 7) is 3.09. The lowest BCUT2D eigenvalue weighted by Gasteiger charge is -2.09. The van der Waals surface area contributed by atoms with E-state index in [1.807, 2.05) is 6.07 Å². The minimum Gasteiger partial charge on any atom is -0.370 e. The maximum absolute atomic E-state index is 6.12. The molecule has 2 aromatic rings. The Morgan fingerprint density at radius 1 is 1.14 bits per heavy atom. The third-order valence-corrected chi connectivity index (χ3v) is 3.47. The van der Waals surface area contributed by atoms with Crippen LogP contribution in [0.15, 0.2) is 30.5 Å². The zero-order valence-electron chi connectivity index (χ0n) is 11.9. The molecule has 1 aromatic carbocycles. The second kappa shape index (κ2) is 8.05. The van der Waals surface area contributed by atoms with Gasteiger partial charge in [0.25, 0.3) is 0 Å². The molecule has 2 rings (SSSR count). The van der Waals surface area contributed by atoms with Crippen LogP contribution in [0.3, 0.4) is 0 Å². The van der Waals surface area contributed by atoms with Gasteiger partial charge in [0.05, 0.1) is 10.7 Å². The minimum atomic E-state index is 0.500. The van der Waals surface area contributed by atoms with Crippen molar-refractivity contribution in [3.8, 4) is 0 Å². The van der Waals surface area contributed by atoms with E-state index in [0.29, 0.717) is 16.0 Å². The summed E-state index contributed by atoms with van der Waals surface area (Å²) in [6.07, 6.45) is 5.25. The number of nitrogens with zero attached hydrogens (tertiary/aromatic N) is 2. The van der Waals surface area contributed by atoms with Crippen molar-refractivity contribution in [3.05, 3.63) is 40.5 Å². The average molecular weight is 325 g/mol. The molecule has 0 saturated carbocycles. The summed E-state index contributed by atoms with van der Waals surface area (Å²) in [4.78, 5) is 8.59. The first-order valence-electron chi connectivity index (χ1n) is 6.98. The standard InChI is InChI=1S/C15H18Cl2N4/c1-2-3-4-8-18-14-7-9-19-15(21-14)20-13-6-5-11(16)10-12(13)17/h5-7,9-10H,2-4,8H2,1H3,(H2,18,19,20,21). The summed E-state index contributed by atoms with van der Waals surface area (Å²) in [7, 11) is 0. The largest absolute Gasteiger partial charge is 0.370 e. The molecule has 21 heavy (non-hydrogen) atoms. The fourth-order valence-corrected chi connectivity index (χ4v) is 2.28. The van der Waals surface area contributed by atoms with Gasteiger partial charge in [-0.25, -0.2) is 4.98 Å². The van der Waals surface area contributed by atoms with E-state index < -0.39 is 0 Å². The topological polar surface area (TPSA) is 49.8 Å². The number of halogens is 2. The molecule has 0 atom stereocenters. The van der Waals surface area contributed by atoms with Gasteiger partial charge in [-0.1, -0.05) is 43.0 Å². The molecule has 1 aromatic heterocycles. The molecule has 0 bridgehead atoms. The van der Waals surface area contributed by atoms with Crippen LogP contribution in [0, 0.1) is 0 Å². The molecule has 0 unspecified atom stereocenters. The van der Waals surface area contributed by atoms with Crippen molar-refractivity contribution in [3.63, 3.8) is 0 Å². The molecule has 0 aliphatic heterocycles. The molecule has 1 heterocycles. The van der Waals surface area contributed by atoms with Gasteiger partial charge in [-0.3, -0.25) is 0 Å². The van der Waals surface area contributed by atoms with Crippen LogP contribution in [0.2, 0.25) is 10.0 Å². The highest BCUT2D eigenvalue weighted by Gasteiger charge is 2.04. The van der Waals surface area contributed by atoms with Crippen molar-refractivity contribution in [2.45, 2.75) is 26.2 Å². The highest BCUT2D eigenvalue weighted by Crippen LogP contribution is 2.27. The molecule has 0 aliphatic carbocycles. The summed E-state index contributed by atoms with van der Waals surface area (Å²) in [5.41, 5.74) is 0.726. The first-order chi connectivity index (χ1) is 10.2. The number of hydrogen-bond acceptors (Lipinski definition) is 4. The lowest BCUT2D eigenvalue weighted by molar-refractivity contribution is 0.742. The highest BCUT2D eigenvalue weighted by atomic mass is 35.5. The van der Waals surface area contributed by atoms with Gasteiger partial charge in [-0.05, 0) is 30.7 Å². The number of rotatable bonds is 7. The summed E-state index contributed by atoms with van der Waals surface area (Å²) < 4.78 is 0. The van der Waals surface area contributed by atoms with Crippen LogP contribution in [-0.4, -0.2) is 16.5 Å². The monoisotopic (exact) mass is 324 g/mol. The van der Waals surface area contributed by atoms with Gasteiger partial charge in [-0.2, -0.15) is 4.98 Å². The van der Waals surface area contributed by atoms with Crippen LogP contribution in [0.1, 0.15) is 26.2 Å². The fourth-order valence-electron chi connectivity index (χ4n) is 1.82. The van der Waals surface area contributed by atoms with E-state index in [2.05, 4.69) is 27.5 Å². The summed E-state index contributed by atoms with van der Waals surface area (Å²) in [6, 6.07) is 7.09. The Kier molecular flexibility index (Phi) is 6.08. The van der Waals surface area contributed by atoms with Crippen LogP contribution >= 0.6 is 23.2 Å². The van der Waals surface area contributed by atoms with Crippen molar-refractivity contribution in [1.29, 1.82) is 0 Å². The minimum absolute atomic E-state index is 0.500. The number of hydrogen-bond donors (Lipinski definition) is 2. The second-order valence-electron chi connectivity index (χ2n) is 4.65. The number of unbranched alkanes of at least 4 members (excludes halogenated alkanes) is 2. The van der Waals surface area contributed by atoms with Crippen molar-refractivity contribution >= 4 is 40.7 Å². The zero-order chi connectivity index (χ0) is 15.1. The fraction of sp³-hybridized carbons (Fsp3) is 0.333. The van der Waals surface area contributed by atoms with Gasteiger partial charge in [0.15, 0.2) is 0 Å². The lowest BCUT2D eigenvalue weighted by atomic mass is 10.2. The van der Waals surface area contributed by atoms with E-state index >= 15 is 0 Å². The number of nitrogens with one attached hydrogen (secondary N) is 2. The predicted molar refractivity (Wildman–Crippen MR) is 89.8 cm³/mol. The van der Waals surface area contributed by atoms with Crippen LogP contribution in [0.4, 0.5) is 17.5 Å². The summed E-state index contributed by atoms with van der Waals surface area (Å²) in [5.74, 6) is 1.30. The predicted octanol–water partition coefficient (Wildman–Crippen LogP) is 5.13. The molecule has 0 spiro atoms. The van der Waals surface area contributed by atoms with Crippen molar-refractivity contribution < 1.29 is 0 Å². The van der Waals surface area contributed by atoms with E-state index in [4.69, 9.17) is 23.2 Å². The molecule has 0 fully saturated rings. The SMILES string of the molecule is CCCCCNc1ccnc(Nc2ccc(Cl)cc2Cl)n1. The molecule has 0 saturated heterocycles. The number of benzene rings is 1. The number of anilines is 3. The first kappa shape index (κ1) is 15.9. The van der Waals surface area contributed by atoms with Gasteiger partial charge in [0.2, 0.25) is 5.95 Å². The van der Waals surface area contributed by atoms with Crippen molar-refractivity contribution in [1.82, 2.24) is 9.97 Å². The Morgan fingerprint density at radius 3 is 2.76 bits per heavy atom. The quantitative estimate of drug-likeness (QED) is 0.693. The highest BCUT2D eigenvalue weighted by molar-refractivity contribution is 6.36. The molecule has 0 aliphatic rings. The molecule has 0 radical (unpaired) electrons. The van der Waals surface area contributed by atoms with E-state index in [1.165, 1.54) is 12.8 Å². The first-order valence-corrected chi connectivity index (χ1v) is 7.73. The van der Waals surface area contributed by atoms with Crippen molar-refractivity contribution in [2.75, 3.05) is 17.2 Å². The molecular formula is C15H18Cl2N4. The van der Waals surface area contributed by atoms with E-state index in [1.54, 1.807) is 24.4 Å². The van der Waals surface area contributed by atoms with Gasteiger partial charge in [0, 0.05) is 17.8 Å². The normalized spacial score (nSPS) is 10.4. The van der Waals surface area contributed by atoms with Gasteiger partial charge >= 0.3 is 0 Å². The van der Waals surface area contributed by atoms with E-state index in [-0.39, 0.29) is 0 Å². The summed E-state index contributed by atoms with van der Waals surface area (Å²) >= 11 is 12.0. The molecule has 112 valence electrons. The molecule has 4 nitrogen and oxygen atoms in total. The lowest BCUT2D eigenvalue weighted by Crippen LogP contribution is -2.05. The van der Waals surface area contributed by atoms with Gasteiger partial charge in [0.1, 0.15) is 5.82 Å². The van der Waals surface area contributed by atoms with Gasteiger partial charge < -0.3 is 10.6 Å². The third kappa shape index (κ3) is 5.06. The van der Waals surface area contributed by atoms with Gasteiger partial charge in [-0.15, -0.1) is 0 Å². The zero-order valence-corrected chi connectivity index (χ0v) is 13.4. The van der Waals surface area contributed by atoms with Crippen LogP contribution in [-0.2, 0) is 0 Å². The molecular weight excluding hydrogens is 307 g/mol. The van der Waals surface area contributed by atoms with Crippen LogP contribution in [0.25, 0.3) is 0 Å². The maximum Gasteiger partial charge on any atom is 0.229 e. The molecule has 6 heteroatoms. The Balaban J connectivity index is 2.00. The Labute approximate surface area is 134 Å². The molecule has 2 N–H and O–H groups in total. The van der Waals surface area contributed by atoms with E-state index in [9.17, 15) is 0 Å². The summed E-state index contributed by atoms with van der Waals surface area (Å²) in [5, 5.41) is 7.50. The second-order valence-corrected chi connectivity index (χ2v) is 5.49. The number of aromatic nitrogens is 2. The molecule has 0 amide bonds. The maximum atomic E-state index is 6.12.